The molecule has 0 aliphatic carbocycles. The predicted molar refractivity (Wildman–Crippen MR) is 115 cm³/mol. The zero-order chi connectivity index (χ0) is 21.7. The average Bonchev–Trinajstić information content (AvgIpc) is 3.24. The molecule has 0 bridgehead atoms. The molecule has 0 atom stereocenters. The minimum Gasteiger partial charge on any atom is -0.452 e. The summed E-state index contributed by atoms with van der Waals surface area (Å²) < 4.78 is 31.9. The Bertz CT molecular complexity index is 1170. The van der Waals surface area contributed by atoms with Gasteiger partial charge in [-0.1, -0.05) is 29.3 Å². The van der Waals surface area contributed by atoms with Gasteiger partial charge in [-0.2, -0.15) is 0 Å². The molecular weight excluding hydrogens is 473 g/mol. The molecule has 0 aliphatic heterocycles. The molecule has 0 fully saturated rings. The molecule has 2 N–H and O–H groups in total. The zero-order valence-corrected chi connectivity index (χ0v) is 18.1. The molecule has 3 rings (SSSR count). The topological polar surface area (TPSA) is 114 Å². The molecule has 12 heteroatoms. The zero-order valence-electron chi connectivity index (χ0n) is 15.0. The highest BCUT2D eigenvalue weighted by Gasteiger charge is 2.16. The third-order valence-electron chi connectivity index (χ3n) is 3.53. The number of carbonyl (C=O) groups excluding carboxylic acids is 2. The van der Waals surface area contributed by atoms with Crippen LogP contribution in [0.3, 0.4) is 0 Å². The van der Waals surface area contributed by atoms with E-state index in [0.29, 0.717) is 5.02 Å². The van der Waals surface area contributed by atoms with E-state index in [1.165, 1.54) is 42.6 Å². The Morgan fingerprint density at radius 2 is 1.87 bits per heavy atom. The Balaban J connectivity index is 1.55. The molecule has 0 unspecified atom stereocenters. The summed E-state index contributed by atoms with van der Waals surface area (Å²) >= 11 is 12.7. The number of nitrogens with zero attached hydrogens (tertiary/aromatic N) is 1. The van der Waals surface area contributed by atoms with Gasteiger partial charge >= 0.3 is 5.97 Å². The number of aromatic nitrogens is 1. The van der Waals surface area contributed by atoms with Gasteiger partial charge in [0.1, 0.15) is 4.21 Å². The van der Waals surface area contributed by atoms with E-state index in [2.05, 4.69) is 15.0 Å². The van der Waals surface area contributed by atoms with Crippen molar-refractivity contribution in [2.45, 2.75) is 4.21 Å². The molecule has 2 heterocycles. The first-order valence-corrected chi connectivity index (χ1v) is 11.3. The van der Waals surface area contributed by atoms with Gasteiger partial charge < -0.3 is 10.1 Å². The van der Waals surface area contributed by atoms with Gasteiger partial charge in [-0.15, -0.1) is 11.3 Å². The number of carbonyl (C=O) groups is 2. The van der Waals surface area contributed by atoms with E-state index in [-0.39, 0.29) is 26.3 Å². The molecule has 1 aromatic carbocycles. The van der Waals surface area contributed by atoms with Gasteiger partial charge in [0.15, 0.2) is 12.4 Å². The van der Waals surface area contributed by atoms with Crippen LogP contribution in [-0.4, -0.2) is 31.9 Å². The van der Waals surface area contributed by atoms with Gasteiger partial charge in [-0.3, -0.25) is 9.52 Å². The van der Waals surface area contributed by atoms with Crippen molar-refractivity contribution in [3.05, 3.63) is 69.7 Å². The summed E-state index contributed by atoms with van der Waals surface area (Å²) in [5.74, 6) is -1.31. The maximum atomic E-state index is 12.2. The number of hydrogen-bond acceptors (Lipinski definition) is 7. The Kier molecular flexibility index (Phi) is 6.93. The second-order valence-corrected chi connectivity index (χ2v) is 9.42. The minimum atomic E-state index is -3.69. The highest BCUT2D eigenvalue weighted by atomic mass is 35.5. The minimum absolute atomic E-state index is 0.0875. The third-order valence-corrected chi connectivity index (χ3v) is 6.81. The summed E-state index contributed by atoms with van der Waals surface area (Å²) in [6.07, 6.45) is 1.31. The first kappa shape index (κ1) is 22.0. The largest absolute Gasteiger partial charge is 0.452 e. The fourth-order valence-corrected chi connectivity index (χ4v) is 4.66. The summed E-state index contributed by atoms with van der Waals surface area (Å²) in [5, 5.41) is 4.50. The summed E-state index contributed by atoms with van der Waals surface area (Å²) in [7, 11) is -3.69. The van der Waals surface area contributed by atoms with Crippen LogP contribution >= 0.6 is 34.5 Å². The van der Waals surface area contributed by atoms with Crippen molar-refractivity contribution in [3.8, 4) is 0 Å². The molecule has 0 spiro atoms. The quantitative estimate of drug-likeness (QED) is 0.487. The van der Waals surface area contributed by atoms with Crippen molar-refractivity contribution >= 4 is 67.9 Å². The molecule has 0 radical (unpaired) electrons. The van der Waals surface area contributed by atoms with E-state index >= 15 is 0 Å². The molecule has 3 aromatic rings. The SMILES string of the molecule is O=C(COC(=O)c1ccc(NS(=O)(=O)c2cccs2)cc1)Nc1ncc(Cl)cc1Cl. The second kappa shape index (κ2) is 9.43. The number of thiophene rings is 1. The Morgan fingerprint density at radius 3 is 2.50 bits per heavy atom. The number of pyridine rings is 1. The van der Waals surface area contributed by atoms with Gasteiger partial charge in [0.2, 0.25) is 0 Å². The average molecular weight is 486 g/mol. The van der Waals surface area contributed by atoms with Crippen LogP contribution in [0.1, 0.15) is 10.4 Å². The number of nitrogens with one attached hydrogen (secondary N) is 2. The van der Waals surface area contributed by atoms with Crippen molar-refractivity contribution in [1.29, 1.82) is 0 Å². The van der Waals surface area contributed by atoms with Crippen LogP contribution in [0, 0.1) is 0 Å². The lowest BCUT2D eigenvalue weighted by Gasteiger charge is -2.09. The molecule has 2 aromatic heterocycles. The molecule has 0 aliphatic rings. The lowest BCUT2D eigenvalue weighted by molar-refractivity contribution is -0.119. The summed E-state index contributed by atoms with van der Waals surface area (Å²) in [4.78, 5) is 27.9. The van der Waals surface area contributed by atoms with Gasteiger partial charge in [-0.25, -0.2) is 18.2 Å². The number of ether oxygens (including phenoxy) is 1. The van der Waals surface area contributed by atoms with Crippen LogP contribution in [0.5, 0.6) is 0 Å². The fourth-order valence-electron chi connectivity index (χ4n) is 2.19. The first-order chi connectivity index (χ1) is 14.2. The van der Waals surface area contributed by atoms with Crippen molar-refractivity contribution in [3.63, 3.8) is 0 Å². The van der Waals surface area contributed by atoms with E-state index in [0.717, 1.165) is 11.3 Å². The molecule has 30 heavy (non-hydrogen) atoms. The Morgan fingerprint density at radius 1 is 1.13 bits per heavy atom. The first-order valence-electron chi connectivity index (χ1n) is 8.19. The molecule has 156 valence electrons. The Labute approximate surface area is 185 Å². The van der Waals surface area contributed by atoms with Gasteiger partial charge in [0.25, 0.3) is 15.9 Å². The highest BCUT2D eigenvalue weighted by molar-refractivity contribution is 7.94. The third kappa shape index (κ3) is 5.70. The summed E-state index contributed by atoms with van der Waals surface area (Å²) in [6, 6.07) is 10.1. The molecule has 0 saturated heterocycles. The number of sulfonamides is 1. The van der Waals surface area contributed by atoms with Crippen LogP contribution in [0.25, 0.3) is 0 Å². The van der Waals surface area contributed by atoms with Gasteiger partial charge in [-0.05, 0) is 41.8 Å². The second-order valence-electron chi connectivity index (χ2n) is 5.72. The van der Waals surface area contributed by atoms with Crippen LogP contribution in [-0.2, 0) is 19.6 Å². The standard InChI is InChI=1S/C18H13Cl2N3O5S2/c19-12-8-14(20)17(21-9-12)22-15(24)10-28-18(25)11-3-5-13(6-4-11)23-30(26,27)16-2-1-7-29-16/h1-9,23H,10H2,(H,21,22,24). The number of amides is 1. The van der Waals surface area contributed by atoms with Crippen molar-refractivity contribution in [2.24, 2.45) is 0 Å². The number of esters is 1. The predicted octanol–water partition coefficient (Wildman–Crippen LogP) is 4.05. The van der Waals surface area contributed by atoms with E-state index in [4.69, 9.17) is 27.9 Å². The molecule has 8 nitrogen and oxygen atoms in total. The maximum Gasteiger partial charge on any atom is 0.338 e. The number of hydrogen-bond donors (Lipinski definition) is 2. The monoisotopic (exact) mass is 485 g/mol. The number of anilines is 2. The van der Waals surface area contributed by atoms with Crippen molar-refractivity contribution in [2.75, 3.05) is 16.6 Å². The van der Waals surface area contributed by atoms with Crippen LogP contribution in [0.2, 0.25) is 10.0 Å². The number of halogens is 2. The maximum absolute atomic E-state index is 12.2. The molecule has 1 amide bonds. The van der Waals surface area contributed by atoms with E-state index in [1.807, 2.05) is 0 Å². The summed E-state index contributed by atoms with van der Waals surface area (Å²) in [6.45, 7) is -0.563. The lowest BCUT2D eigenvalue weighted by Crippen LogP contribution is -2.21. The van der Waals surface area contributed by atoms with E-state index in [1.54, 1.807) is 11.4 Å². The normalized spacial score (nSPS) is 11.0. The highest BCUT2D eigenvalue weighted by Crippen LogP contribution is 2.23. The smallest absolute Gasteiger partial charge is 0.338 e. The molecular formula is C18H13Cl2N3O5S2. The van der Waals surface area contributed by atoms with Crippen molar-refractivity contribution in [1.82, 2.24) is 4.98 Å². The van der Waals surface area contributed by atoms with Crippen LogP contribution < -0.4 is 10.0 Å². The van der Waals surface area contributed by atoms with Crippen LogP contribution in [0.15, 0.2) is 58.3 Å². The fraction of sp³-hybridized carbons (Fsp3) is 0.0556. The van der Waals surface area contributed by atoms with Crippen LogP contribution in [0.4, 0.5) is 11.5 Å². The van der Waals surface area contributed by atoms with E-state index in [9.17, 15) is 18.0 Å². The van der Waals surface area contributed by atoms with Gasteiger partial charge in [0, 0.05) is 11.9 Å². The van der Waals surface area contributed by atoms with Gasteiger partial charge in [0.05, 0.1) is 15.6 Å². The van der Waals surface area contributed by atoms with E-state index < -0.39 is 28.5 Å². The summed E-state index contributed by atoms with van der Waals surface area (Å²) in [5.41, 5.74) is 0.422. The lowest BCUT2D eigenvalue weighted by atomic mass is 10.2. The number of benzene rings is 1. The Hall–Kier alpha value is -2.66. The molecule has 0 saturated carbocycles. The van der Waals surface area contributed by atoms with Crippen molar-refractivity contribution < 1.29 is 22.7 Å². The number of rotatable bonds is 7.